The number of aryl methyl sites for hydroxylation is 1. The summed E-state index contributed by atoms with van der Waals surface area (Å²) >= 11 is 0. The van der Waals surface area contributed by atoms with Crippen molar-refractivity contribution in [2.24, 2.45) is 0 Å². The number of nitrogen functional groups attached to an aromatic ring is 1. The Hall–Kier alpha value is -2.30. The largest absolute Gasteiger partial charge is 0.465 e. The summed E-state index contributed by atoms with van der Waals surface area (Å²) in [7, 11) is 1.35. The topological polar surface area (TPSA) is 70.1 Å². The second kappa shape index (κ2) is 4.52. The van der Waals surface area contributed by atoms with Crippen LogP contribution < -0.4 is 5.73 Å². The molecule has 0 amide bonds. The van der Waals surface area contributed by atoms with Gasteiger partial charge in [0.15, 0.2) is 0 Å². The van der Waals surface area contributed by atoms with E-state index in [1.165, 1.54) is 7.11 Å². The highest BCUT2D eigenvalue weighted by Crippen LogP contribution is 2.21. The molecular weight excluding hydrogens is 230 g/mol. The number of methoxy groups -OCH3 is 1. The minimum Gasteiger partial charge on any atom is -0.465 e. The van der Waals surface area contributed by atoms with Crippen molar-refractivity contribution in [2.45, 2.75) is 13.8 Å². The van der Waals surface area contributed by atoms with Gasteiger partial charge in [-0.15, -0.1) is 0 Å². The van der Waals surface area contributed by atoms with Crippen LogP contribution in [0.1, 0.15) is 21.7 Å². The third kappa shape index (κ3) is 1.95. The molecule has 1 heterocycles. The lowest BCUT2D eigenvalue weighted by molar-refractivity contribution is 0.0601. The molecule has 18 heavy (non-hydrogen) atoms. The smallest absolute Gasteiger partial charge is 0.340 e. The molecule has 2 rings (SSSR count). The zero-order chi connectivity index (χ0) is 13.3. The SMILES string of the molecule is COC(=O)c1cc(N)ccc1-n1cnc(C)c1C. The predicted octanol–water partition coefficient (Wildman–Crippen LogP) is 1.86. The fourth-order valence-corrected chi connectivity index (χ4v) is 1.78. The maximum absolute atomic E-state index is 11.8. The summed E-state index contributed by atoms with van der Waals surface area (Å²) < 4.78 is 6.62. The summed E-state index contributed by atoms with van der Waals surface area (Å²) in [5, 5.41) is 0. The summed E-state index contributed by atoms with van der Waals surface area (Å²) in [6.45, 7) is 3.86. The van der Waals surface area contributed by atoms with E-state index in [-0.39, 0.29) is 0 Å². The number of nitrogens with two attached hydrogens (primary N) is 1. The summed E-state index contributed by atoms with van der Waals surface area (Å²) in [5.74, 6) is -0.414. The average molecular weight is 245 g/mol. The van der Waals surface area contributed by atoms with E-state index in [9.17, 15) is 4.79 Å². The Balaban J connectivity index is 2.64. The van der Waals surface area contributed by atoms with Crippen molar-refractivity contribution in [3.8, 4) is 5.69 Å². The lowest BCUT2D eigenvalue weighted by Crippen LogP contribution is -2.09. The van der Waals surface area contributed by atoms with Crippen LogP contribution in [0.25, 0.3) is 5.69 Å². The number of benzene rings is 1. The van der Waals surface area contributed by atoms with Gasteiger partial charge >= 0.3 is 5.97 Å². The highest BCUT2D eigenvalue weighted by molar-refractivity contribution is 5.94. The van der Waals surface area contributed by atoms with Gasteiger partial charge in [0.05, 0.1) is 30.4 Å². The first kappa shape index (κ1) is 12.2. The van der Waals surface area contributed by atoms with E-state index in [2.05, 4.69) is 4.98 Å². The molecule has 2 aromatic rings. The van der Waals surface area contributed by atoms with E-state index >= 15 is 0 Å². The lowest BCUT2D eigenvalue weighted by atomic mass is 10.1. The number of anilines is 1. The zero-order valence-electron chi connectivity index (χ0n) is 10.6. The molecule has 1 aromatic heterocycles. The van der Waals surface area contributed by atoms with E-state index in [4.69, 9.17) is 10.5 Å². The van der Waals surface area contributed by atoms with Crippen molar-refractivity contribution in [3.05, 3.63) is 41.5 Å². The van der Waals surface area contributed by atoms with Gasteiger partial charge in [0.25, 0.3) is 0 Å². The van der Waals surface area contributed by atoms with Crippen LogP contribution in [-0.4, -0.2) is 22.6 Å². The average Bonchev–Trinajstić information content (AvgIpc) is 2.69. The number of hydrogen-bond acceptors (Lipinski definition) is 4. The molecule has 0 aliphatic rings. The third-order valence-electron chi connectivity index (χ3n) is 2.94. The molecule has 0 unspecified atom stereocenters. The van der Waals surface area contributed by atoms with E-state index < -0.39 is 5.97 Å². The molecule has 1 aromatic carbocycles. The minimum absolute atomic E-state index is 0.414. The number of carbonyl (C=O) groups excluding carboxylic acids is 1. The molecule has 5 heteroatoms. The molecular formula is C13H15N3O2. The quantitative estimate of drug-likeness (QED) is 0.647. The van der Waals surface area contributed by atoms with Crippen LogP contribution in [0.15, 0.2) is 24.5 Å². The summed E-state index contributed by atoms with van der Waals surface area (Å²) in [5.41, 5.74) is 9.27. The van der Waals surface area contributed by atoms with Gasteiger partial charge in [-0.2, -0.15) is 0 Å². The van der Waals surface area contributed by atoms with Gasteiger partial charge in [-0.25, -0.2) is 9.78 Å². The van der Waals surface area contributed by atoms with Crippen LogP contribution in [0.5, 0.6) is 0 Å². The normalized spacial score (nSPS) is 10.4. The van der Waals surface area contributed by atoms with Crippen molar-refractivity contribution < 1.29 is 9.53 Å². The van der Waals surface area contributed by atoms with Gasteiger partial charge in [0.1, 0.15) is 0 Å². The van der Waals surface area contributed by atoms with Crippen molar-refractivity contribution in [1.29, 1.82) is 0 Å². The zero-order valence-corrected chi connectivity index (χ0v) is 10.6. The molecule has 5 nitrogen and oxygen atoms in total. The van der Waals surface area contributed by atoms with Crippen LogP contribution in [0.4, 0.5) is 5.69 Å². The Morgan fingerprint density at radius 2 is 2.11 bits per heavy atom. The molecule has 0 bridgehead atoms. The Kier molecular flexibility index (Phi) is 3.06. The first-order valence-electron chi connectivity index (χ1n) is 5.53. The lowest BCUT2D eigenvalue weighted by Gasteiger charge is -2.11. The molecule has 0 spiro atoms. The van der Waals surface area contributed by atoms with Gasteiger partial charge in [-0.1, -0.05) is 0 Å². The standard InChI is InChI=1S/C13H15N3O2/c1-8-9(2)16(7-15-8)12-5-4-10(14)6-11(12)13(17)18-3/h4-7H,14H2,1-3H3. The second-order valence-corrected chi connectivity index (χ2v) is 4.05. The highest BCUT2D eigenvalue weighted by Gasteiger charge is 2.15. The summed E-state index contributed by atoms with van der Waals surface area (Å²) in [6.07, 6.45) is 1.68. The van der Waals surface area contributed by atoms with Gasteiger partial charge in [0.2, 0.25) is 0 Å². The Bertz CT molecular complexity index is 602. The predicted molar refractivity (Wildman–Crippen MR) is 68.8 cm³/mol. The fraction of sp³-hybridized carbons (Fsp3) is 0.231. The second-order valence-electron chi connectivity index (χ2n) is 4.05. The van der Waals surface area contributed by atoms with Gasteiger partial charge in [-0.05, 0) is 32.0 Å². The number of rotatable bonds is 2. The van der Waals surface area contributed by atoms with Crippen LogP contribution in [0.3, 0.4) is 0 Å². The first-order valence-corrected chi connectivity index (χ1v) is 5.53. The van der Waals surface area contributed by atoms with E-state index in [1.807, 2.05) is 18.4 Å². The molecule has 0 saturated heterocycles. The molecule has 0 saturated carbocycles. The maximum atomic E-state index is 11.8. The first-order chi connectivity index (χ1) is 8.54. The minimum atomic E-state index is -0.414. The number of carbonyl (C=O) groups is 1. The van der Waals surface area contributed by atoms with Gasteiger partial charge in [-0.3, -0.25) is 0 Å². The molecule has 0 aliphatic carbocycles. The Labute approximate surface area is 105 Å². The molecule has 0 aliphatic heterocycles. The number of hydrogen-bond donors (Lipinski definition) is 1. The van der Waals surface area contributed by atoms with Crippen molar-refractivity contribution in [2.75, 3.05) is 12.8 Å². The highest BCUT2D eigenvalue weighted by atomic mass is 16.5. The van der Waals surface area contributed by atoms with Gasteiger partial charge < -0.3 is 15.0 Å². The fourth-order valence-electron chi connectivity index (χ4n) is 1.78. The molecule has 2 N–H and O–H groups in total. The van der Waals surface area contributed by atoms with Crippen LogP contribution in [0.2, 0.25) is 0 Å². The molecule has 0 radical (unpaired) electrons. The van der Waals surface area contributed by atoms with Crippen molar-refractivity contribution in [3.63, 3.8) is 0 Å². The van der Waals surface area contributed by atoms with E-state index in [0.717, 1.165) is 11.4 Å². The monoisotopic (exact) mass is 245 g/mol. The number of ether oxygens (including phenoxy) is 1. The van der Waals surface area contributed by atoms with E-state index in [0.29, 0.717) is 16.9 Å². The maximum Gasteiger partial charge on any atom is 0.340 e. The molecule has 94 valence electrons. The van der Waals surface area contributed by atoms with Crippen molar-refractivity contribution in [1.82, 2.24) is 9.55 Å². The summed E-state index contributed by atoms with van der Waals surface area (Å²) in [4.78, 5) is 16.0. The third-order valence-corrected chi connectivity index (χ3v) is 2.94. The Morgan fingerprint density at radius 3 is 2.67 bits per heavy atom. The van der Waals surface area contributed by atoms with E-state index in [1.54, 1.807) is 24.5 Å². The number of nitrogens with zero attached hydrogens (tertiary/aromatic N) is 2. The van der Waals surface area contributed by atoms with Crippen LogP contribution in [0, 0.1) is 13.8 Å². The molecule has 0 fully saturated rings. The number of aromatic nitrogens is 2. The summed E-state index contributed by atoms with van der Waals surface area (Å²) in [6, 6.07) is 5.14. The van der Waals surface area contributed by atoms with Crippen LogP contribution >= 0.6 is 0 Å². The molecule has 0 atom stereocenters. The Morgan fingerprint density at radius 1 is 1.39 bits per heavy atom. The van der Waals surface area contributed by atoms with Crippen LogP contribution in [-0.2, 0) is 4.74 Å². The number of imidazole rings is 1. The van der Waals surface area contributed by atoms with Gasteiger partial charge in [0, 0.05) is 11.4 Å². The number of esters is 1. The van der Waals surface area contributed by atoms with Crippen molar-refractivity contribution >= 4 is 11.7 Å².